The third-order valence-electron chi connectivity index (χ3n) is 1.73. The summed E-state index contributed by atoms with van der Waals surface area (Å²) in [6.45, 7) is 0. The Bertz CT molecular complexity index is 412. The highest BCUT2D eigenvalue weighted by atomic mass is 79.9. The number of halogens is 1. The highest BCUT2D eigenvalue weighted by molar-refractivity contribution is 9.10. The number of carbonyl (C=O) groups is 1. The normalized spacial score (nSPS) is 11.8. The second kappa shape index (κ2) is 4.22. The molecule has 1 atom stereocenters. The van der Waals surface area contributed by atoms with Crippen LogP contribution in [0.25, 0.3) is 0 Å². The molecule has 0 saturated heterocycles. The van der Waals surface area contributed by atoms with Crippen LogP contribution in [-0.2, 0) is 4.79 Å². The molecule has 3 N–H and O–H groups in total. The Morgan fingerprint density at radius 2 is 2.29 bits per heavy atom. The van der Waals surface area contributed by atoms with Crippen LogP contribution < -0.4 is 5.73 Å². The van der Waals surface area contributed by atoms with Gasteiger partial charge in [-0.05, 0) is 23.8 Å². The molecule has 4 nitrogen and oxygen atoms in total. The molecule has 0 fully saturated rings. The first kappa shape index (κ1) is 10.7. The van der Waals surface area contributed by atoms with Crippen molar-refractivity contribution in [1.82, 2.24) is 0 Å². The largest absolute Gasteiger partial charge is 0.480 e. The van der Waals surface area contributed by atoms with Gasteiger partial charge in [0, 0.05) is 4.47 Å². The fourth-order valence-electron chi connectivity index (χ4n) is 0.985. The zero-order valence-corrected chi connectivity index (χ0v) is 8.65. The molecule has 0 saturated carbocycles. The van der Waals surface area contributed by atoms with Crippen molar-refractivity contribution >= 4 is 21.9 Å². The van der Waals surface area contributed by atoms with Crippen molar-refractivity contribution in [3.63, 3.8) is 0 Å². The number of nitrogens with two attached hydrogens (primary N) is 1. The van der Waals surface area contributed by atoms with E-state index < -0.39 is 12.0 Å². The number of nitriles is 1. The zero-order chi connectivity index (χ0) is 10.7. The van der Waals surface area contributed by atoms with Gasteiger partial charge in [-0.15, -0.1) is 0 Å². The number of carboxylic acids is 1. The predicted octanol–water partition coefficient (Wildman–Crippen LogP) is 1.41. The molecule has 1 aromatic carbocycles. The van der Waals surface area contributed by atoms with Gasteiger partial charge in [0.2, 0.25) is 0 Å². The molecule has 0 radical (unpaired) electrons. The molecular formula is C9H7BrN2O2. The van der Waals surface area contributed by atoms with E-state index >= 15 is 0 Å². The molecule has 1 unspecified atom stereocenters. The van der Waals surface area contributed by atoms with Gasteiger partial charge >= 0.3 is 5.97 Å². The first-order valence-corrected chi connectivity index (χ1v) is 4.53. The number of aliphatic carboxylic acids is 1. The second-order valence-corrected chi connectivity index (χ2v) is 3.52. The molecule has 14 heavy (non-hydrogen) atoms. The van der Waals surface area contributed by atoms with Crippen molar-refractivity contribution in [1.29, 1.82) is 5.26 Å². The molecular weight excluding hydrogens is 248 g/mol. The number of carboxylic acid groups (broad SMARTS) is 1. The van der Waals surface area contributed by atoms with Crippen LogP contribution in [0.15, 0.2) is 22.7 Å². The third kappa shape index (κ3) is 2.10. The van der Waals surface area contributed by atoms with Gasteiger partial charge in [-0.2, -0.15) is 5.26 Å². The molecule has 0 aromatic heterocycles. The predicted molar refractivity (Wildman–Crippen MR) is 53.4 cm³/mol. The Hall–Kier alpha value is -1.38. The van der Waals surface area contributed by atoms with E-state index in [2.05, 4.69) is 15.9 Å². The second-order valence-electron chi connectivity index (χ2n) is 2.66. The monoisotopic (exact) mass is 254 g/mol. The van der Waals surface area contributed by atoms with E-state index in [4.69, 9.17) is 16.1 Å². The van der Waals surface area contributed by atoms with E-state index in [1.807, 2.05) is 6.07 Å². The Morgan fingerprint density at radius 3 is 2.79 bits per heavy atom. The van der Waals surface area contributed by atoms with Crippen molar-refractivity contribution in [2.24, 2.45) is 5.73 Å². The van der Waals surface area contributed by atoms with Gasteiger partial charge in [-0.25, -0.2) is 0 Å². The third-order valence-corrected chi connectivity index (χ3v) is 2.45. The van der Waals surface area contributed by atoms with E-state index in [1.165, 1.54) is 6.07 Å². The maximum Gasteiger partial charge on any atom is 0.325 e. The summed E-state index contributed by atoms with van der Waals surface area (Å²) in [4.78, 5) is 10.6. The van der Waals surface area contributed by atoms with Crippen LogP contribution in [0.3, 0.4) is 0 Å². The number of hydrogen-bond acceptors (Lipinski definition) is 3. The maximum absolute atomic E-state index is 10.6. The lowest BCUT2D eigenvalue weighted by Crippen LogP contribution is -2.21. The summed E-state index contributed by atoms with van der Waals surface area (Å²) in [5.74, 6) is -1.12. The number of benzene rings is 1. The van der Waals surface area contributed by atoms with Gasteiger partial charge in [0.05, 0.1) is 11.6 Å². The summed E-state index contributed by atoms with van der Waals surface area (Å²) >= 11 is 3.18. The van der Waals surface area contributed by atoms with Gasteiger partial charge in [-0.1, -0.05) is 15.9 Å². The van der Waals surface area contributed by atoms with Crippen molar-refractivity contribution < 1.29 is 9.90 Å². The first-order chi connectivity index (χ1) is 6.56. The average molecular weight is 255 g/mol. The van der Waals surface area contributed by atoms with Crippen molar-refractivity contribution in [3.8, 4) is 6.07 Å². The highest BCUT2D eigenvalue weighted by Crippen LogP contribution is 2.23. The molecule has 1 aromatic rings. The summed E-state index contributed by atoms with van der Waals surface area (Å²) in [6, 6.07) is 5.46. The summed E-state index contributed by atoms with van der Waals surface area (Å²) in [6.07, 6.45) is 0. The number of nitrogens with zero attached hydrogens (tertiary/aromatic N) is 1. The SMILES string of the molecule is N#Cc1ccc(Br)c(C(N)C(=O)O)c1. The van der Waals surface area contributed by atoms with Gasteiger partial charge in [0.15, 0.2) is 0 Å². The molecule has 0 spiro atoms. The highest BCUT2D eigenvalue weighted by Gasteiger charge is 2.17. The van der Waals surface area contributed by atoms with Crippen LogP contribution in [0.4, 0.5) is 0 Å². The minimum atomic E-state index is -1.12. The lowest BCUT2D eigenvalue weighted by atomic mass is 10.1. The molecule has 0 bridgehead atoms. The summed E-state index contributed by atoms with van der Waals surface area (Å²) in [5.41, 5.74) is 6.21. The van der Waals surface area contributed by atoms with E-state index in [-0.39, 0.29) is 0 Å². The quantitative estimate of drug-likeness (QED) is 0.836. The Balaban J connectivity index is 3.20. The van der Waals surface area contributed by atoms with E-state index in [9.17, 15) is 4.79 Å². The minimum Gasteiger partial charge on any atom is -0.480 e. The van der Waals surface area contributed by atoms with Crippen LogP contribution >= 0.6 is 15.9 Å². The fraction of sp³-hybridized carbons (Fsp3) is 0.111. The summed E-state index contributed by atoms with van der Waals surface area (Å²) in [5, 5.41) is 17.3. The van der Waals surface area contributed by atoms with Crippen molar-refractivity contribution in [2.45, 2.75) is 6.04 Å². The summed E-state index contributed by atoms with van der Waals surface area (Å²) < 4.78 is 0.589. The maximum atomic E-state index is 10.6. The Kier molecular flexibility index (Phi) is 3.23. The van der Waals surface area contributed by atoms with Crippen molar-refractivity contribution in [3.05, 3.63) is 33.8 Å². The average Bonchev–Trinajstić information content (AvgIpc) is 2.17. The number of hydrogen-bond donors (Lipinski definition) is 2. The van der Waals surface area contributed by atoms with Crippen LogP contribution in [0, 0.1) is 11.3 Å². The zero-order valence-electron chi connectivity index (χ0n) is 7.07. The van der Waals surface area contributed by atoms with E-state index in [0.29, 0.717) is 15.6 Å². The van der Waals surface area contributed by atoms with Gasteiger partial charge in [0.25, 0.3) is 0 Å². The molecule has 72 valence electrons. The van der Waals surface area contributed by atoms with Crippen molar-refractivity contribution in [2.75, 3.05) is 0 Å². The minimum absolute atomic E-state index is 0.389. The molecule has 5 heteroatoms. The fourth-order valence-corrected chi connectivity index (χ4v) is 1.48. The smallest absolute Gasteiger partial charge is 0.325 e. The standard InChI is InChI=1S/C9H7BrN2O2/c10-7-2-1-5(4-11)3-6(7)8(12)9(13)14/h1-3,8H,12H2,(H,13,14). The molecule has 0 aliphatic rings. The first-order valence-electron chi connectivity index (χ1n) is 3.74. The number of rotatable bonds is 2. The lowest BCUT2D eigenvalue weighted by Gasteiger charge is -2.08. The molecule has 0 aliphatic heterocycles. The van der Waals surface area contributed by atoms with Crippen LogP contribution in [0.1, 0.15) is 17.2 Å². The van der Waals surface area contributed by atoms with E-state index in [1.54, 1.807) is 12.1 Å². The molecule has 0 amide bonds. The van der Waals surface area contributed by atoms with Crippen LogP contribution in [0.2, 0.25) is 0 Å². The summed E-state index contributed by atoms with van der Waals surface area (Å²) in [7, 11) is 0. The van der Waals surface area contributed by atoms with Crippen LogP contribution in [0.5, 0.6) is 0 Å². The van der Waals surface area contributed by atoms with Crippen LogP contribution in [-0.4, -0.2) is 11.1 Å². The lowest BCUT2D eigenvalue weighted by molar-refractivity contribution is -0.138. The van der Waals surface area contributed by atoms with Gasteiger partial charge in [-0.3, -0.25) is 4.79 Å². The molecule has 0 heterocycles. The Labute approximate surface area is 89.1 Å². The molecule has 1 rings (SSSR count). The van der Waals surface area contributed by atoms with Gasteiger partial charge < -0.3 is 10.8 Å². The van der Waals surface area contributed by atoms with Gasteiger partial charge in [0.1, 0.15) is 6.04 Å². The van der Waals surface area contributed by atoms with E-state index in [0.717, 1.165) is 0 Å². The topological polar surface area (TPSA) is 87.1 Å². The Morgan fingerprint density at radius 1 is 1.64 bits per heavy atom. The molecule has 0 aliphatic carbocycles.